The van der Waals surface area contributed by atoms with Crippen LogP contribution in [0, 0.1) is 0 Å². The molecule has 2 aromatic rings. The Morgan fingerprint density at radius 2 is 2.22 bits per heavy atom. The van der Waals surface area contributed by atoms with Crippen LogP contribution in [0.4, 0.5) is 0 Å². The van der Waals surface area contributed by atoms with Gasteiger partial charge in [0.1, 0.15) is 5.75 Å². The second-order valence-corrected chi connectivity index (χ2v) is 6.05. The lowest BCUT2D eigenvalue weighted by Crippen LogP contribution is -2.49. The summed E-state index contributed by atoms with van der Waals surface area (Å²) in [5, 5.41) is 3.11. The van der Waals surface area contributed by atoms with Crippen LogP contribution in [0.1, 0.15) is 31.2 Å². The molecule has 0 bridgehead atoms. The molecule has 1 aromatic heterocycles. The molecule has 5 heteroatoms. The Balaban J connectivity index is 1.62. The molecule has 0 unspecified atom stereocenters. The van der Waals surface area contributed by atoms with Gasteiger partial charge in [0.25, 0.3) is 0 Å². The van der Waals surface area contributed by atoms with Crippen molar-refractivity contribution in [2.75, 3.05) is 13.7 Å². The second kappa shape index (κ2) is 6.86. The van der Waals surface area contributed by atoms with E-state index in [0.29, 0.717) is 6.54 Å². The number of hydrogen-bond donors (Lipinski definition) is 1. The Morgan fingerprint density at radius 3 is 2.87 bits per heavy atom. The molecule has 1 N–H and O–H groups in total. The first-order valence-corrected chi connectivity index (χ1v) is 8.14. The first-order valence-electron chi connectivity index (χ1n) is 8.14. The summed E-state index contributed by atoms with van der Waals surface area (Å²) in [6.07, 6.45) is 9.25. The molecule has 0 aliphatic heterocycles. The quantitative estimate of drug-likeness (QED) is 0.799. The Hall–Kier alpha value is -2.30. The lowest BCUT2D eigenvalue weighted by atomic mass is 9.63. The van der Waals surface area contributed by atoms with Crippen molar-refractivity contribution in [3.63, 3.8) is 0 Å². The molecule has 1 amide bonds. The molecule has 1 aliphatic carbocycles. The van der Waals surface area contributed by atoms with E-state index in [9.17, 15) is 4.79 Å². The number of nitrogens with zero attached hydrogens (tertiary/aromatic N) is 2. The lowest BCUT2D eigenvalue weighted by molar-refractivity contribution is -0.130. The number of rotatable bonds is 7. The van der Waals surface area contributed by atoms with Crippen molar-refractivity contribution in [3.8, 4) is 5.75 Å². The van der Waals surface area contributed by atoms with Gasteiger partial charge in [-0.05, 0) is 25.3 Å². The summed E-state index contributed by atoms with van der Waals surface area (Å²) in [7, 11) is 1.66. The molecule has 0 atom stereocenters. The average Bonchev–Trinajstić information content (AvgIpc) is 3.04. The number of carbonyl (C=O) groups is 1. The van der Waals surface area contributed by atoms with Crippen LogP contribution >= 0.6 is 0 Å². The SMILES string of the molecule is COc1ccccc1C1(C(=O)NCCCn2ccnc2)CCC1. The zero-order valence-corrected chi connectivity index (χ0v) is 13.5. The van der Waals surface area contributed by atoms with Gasteiger partial charge >= 0.3 is 0 Å². The predicted octanol–water partition coefficient (Wildman–Crippen LogP) is 2.52. The minimum absolute atomic E-state index is 0.124. The van der Waals surface area contributed by atoms with Gasteiger partial charge < -0.3 is 14.6 Å². The van der Waals surface area contributed by atoms with Gasteiger partial charge in [-0.3, -0.25) is 4.79 Å². The van der Waals surface area contributed by atoms with E-state index in [2.05, 4.69) is 10.3 Å². The van der Waals surface area contributed by atoms with Crippen LogP contribution in [0.5, 0.6) is 5.75 Å². The molecule has 1 fully saturated rings. The number of aryl methyl sites for hydroxylation is 1. The monoisotopic (exact) mass is 313 g/mol. The summed E-state index contributed by atoms with van der Waals surface area (Å²) in [5.41, 5.74) is 0.600. The number of benzene rings is 1. The van der Waals surface area contributed by atoms with Crippen LogP contribution in [-0.4, -0.2) is 29.1 Å². The number of amides is 1. The van der Waals surface area contributed by atoms with Gasteiger partial charge in [0.15, 0.2) is 0 Å². The summed E-state index contributed by atoms with van der Waals surface area (Å²) in [6.45, 7) is 1.54. The Bertz CT molecular complexity index is 648. The van der Waals surface area contributed by atoms with Crippen LogP contribution in [0.2, 0.25) is 0 Å². The number of aromatic nitrogens is 2. The largest absolute Gasteiger partial charge is 0.496 e. The van der Waals surface area contributed by atoms with Crippen molar-refractivity contribution < 1.29 is 9.53 Å². The molecule has 0 radical (unpaired) electrons. The number of hydrogen-bond acceptors (Lipinski definition) is 3. The highest BCUT2D eigenvalue weighted by molar-refractivity contribution is 5.90. The number of ether oxygens (including phenoxy) is 1. The van der Waals surface area contributed by atoms with E-state index in [-0.39, 0.29) is 5.91 Å². The summed E-state index contributed by atoms with van der Waals surface area (Å²) < 4.78 is 7.48. The Labute approximate surface area is 136 Å². The van der Waals surface area contributed by atoms with Crippen molar-refractivity contribution in [2.24, 2.45) is 0 Å². The molecule has 0 saturated heterocycles. The first kappa shape index (κ1) is 15.6. The summed E-state index contributed by atoms with van der Waals surface area (Å²) in [6, 6.07) is 7.87. The van der Waals surface area contributed by atoms with Gasteiger partial charge in [0, 0.05) is 31.0 Å². The van der Waals surface area contributed by atoms with Crippen molar-refractivity contribution in [3.05, 3.63) is 48.5 Å². The van der Waals surface area contributed by atoms with Crippen molar-refractivity contribution in [1.82, 2.24) is 14.9 Å². The van der Waals surface area contributed by atoms with Crippen LogP contribution in [-0.2, 0) is 16.8 Å². The van der Waals surface area contributed by atoms with E-state index in [1.165, 1.54) is 0 Å². The predicted molar refractivity (Wildman–Crippen MR) is 88.4 cm³/mol. The molecule has 0 spiro atoms. The van der Waals surface area contributed by atoms with E-state index in [1.807, 2.05) is 35.0 Å². The third-order valence-corrected chi connectivity index (χ3v) is 4.70. The number of carbonyl (C=O) groups excluding carboxylic acids is 1. The van der Waals surface area contributed by atoms with Crippen LogP contribution < -0.4 is 10.1 Å². The normalized spacial score (nSPS) is 15.7. The fourth-order valence-electron chi connectivity index (χ4n) is 3.24. The molecule has 23 heavy (non-hydrogen) atoms. The van der Waals surface area contributed by atoms with Crippen LogP contribution in [0.3, 0.4) is 0 Å². The summed E-state index contributed by atoms with van der Waals surface area (Å²) in [5.74, 6) is 0.930. The van der Waals surface area contributed by atoms with Crippen molar-refractivity contribution >= 4 is 5.91 Å². The molecular formula is C18H23N3O2. The highest BCUT2D eigenvalue weighted by Gasteiger charge is 2.47. The average molecular weight is 313 g/mol. The van der Waals surface area contributed by atoms with E-state index in [0.717, 1.165) is 43.5 Å². The maximum absolute atomic E-state index is 12.8. The summed E-state index contributed by atoms with van der Waals surface area (Å²) in [4.78, 5) is 16.8. The number of nitrogens with one attached hydrogen (secondary N) is 1. The smallest absolute Gasteiger partial charge is 0.230 e. The molecular weight excluding hydrogens is 290 g/mol. The maximum Gasteiger partial charge on any atom is 0.230 e. The highest BCUT2D eigenvalue weighted by Crippen LogP contribution is 2.47. The van der Waals surface area contributed by atoms with E-state index >= 15 is 0 Å². The zero-order valence-electron chi connectivity index (χ0n) is 13.5. The highest BCUT2D eigenvalue weighted by atomic mass is 16.5. The van der Waals surface area contributed by atoms with Crippen LogP contribution in [0.25, 0.3) is 0 Å². The van der Waals surface area contributed by atoms with Gasteiger partial charge in [-0.25, -0.2) is 4.98 Å². The number of imidazole rings is 1. The standard InChI is InChI=1S/C18H23N3O2/c1-23-16-7-3-2-6-15(16)18(8-4-9-18)17(22)20-10-5-12-21-13-11-19-14-21/h2-3,6-7,11,13-14H,4-5,8-10,12H2,1H3,(H,20,22). The minimum Gasteiger partial charge on any atom is -0.496 e. The van der Waals surface area contributed by atoms with Gasteiger partial charge in [-0.1, -0.05) is 24.6 Å². The second-order valence-electron chi connectivity index (χ2n) is 6.05. The maximum atomic E-state index is 12.8. The topological polar surface area (TPSA) is 56.1 Å². The van der Waals surface area contributed by atoms with Crippen molar-refractivity contribution in [2.45, 2.75) is 37.6 Å². The zero-order chi connectivity index (χ0) is 16.1. The molecule has 5 nitrogen and oxygen atoms in total. The molecule has 1 aromatic carbocycles. The Morgan fingerprint density at radius 1 is 1.39 bits per heavy atom. The molecule has 122 valence electrons. The molecule has 3 rings (SSSR count). The number of methoxy groups -OCH3 is 1. The molecule has 1 heterocycles. The lowest BCUT2D eigenvalue weighted by Gasteiger charge is -2.41. The van der Waals surface area contributed by atoms with E-state index in [4.69, 9.17) is 4.74 Å². The fraction of sp³-hybridized carbons (Fsp3) is 0.444. The third kappa shape index (κ3) is 3.09. The number of para-hydroxylation sites is 1. The first-order chi connectivity index (χ1) is 11.3. The van der Waals surface area contributed by atoms with Crippen molar-refractivity contribution in [1.29, 1.82) is 0 Å². The third-order valence-electron chi connectivity index (χ3n) is 4.70. The fourth-order valence-corrected chi connectivity index (χ4v) is 3.24. The minimum atomic E-state index is -0.415. The van der Waals surface area contributed by atoms with Gasteiger partial charge in [0.2, 0.25) is 5.91 Å². The van der Waals surface area contributed by atoms with Gasteiger partial charge in [0.05, 0.1) is 18.9 Å². The molecule has 1 saturated carbocycles. The van der Waals surface area contributed by atoms with Gasteiger partial charge in [-0.2, -0.15) is 0 Å². The van der Waals surface area contributed by atoms with Gasteiger partial charge in [-0.15, -0.1) is 0 Å². The van der Waals surface area contributed by atoms with E-state index < -0.39 is 5.41 Å². The summed E-state index contributed by atoms with van der Waals surface area (Å²) >= 11 is 0. The van der Waals surface area contributed by atoms with E-state index in [1.54, 1.807) is 19.6 Å². The van der Waals surface area contributed by atoms with Crippen LogP contribution in [0.15, 0.2) is 43.0 Å². The Kier molecular flexibility index (Phi) is 4.65. The molecule has 1 aliphatic rings.